The largest absolute Gasteiger partial charge is 0.311 e. The molecule has 2 rings (SSSR count). The van der Waals surface area contributed by atoms with Crippen molar-refractivity contribution in [1.29, 1.82) is 0 Å². The maximum Gasteiger partial charge on any atom is 0.169 e. The Bertz CT molecular complexity index is 513. The van der Waals surface area contributed by atoms with Crippen LogP contribution in [0.2, 0.25) is 0 Å². The molecule has 0 saturated heterocycles. The molecule has 3 nitrogen and oxygen atoms in total. The number of hydrogen-bond donors (Lipinski definition) is 1. The molecule has 0 fully saturated rings. The van der Waals surface area contributed by atoms with E-state index in [9.17, 15) is 8.78 Å². The highest BCUT2D eigenvalue weighted by Crippen LogP contribution is 2.27. The minimum Gasteiger partial charge on any atom is -0.311 e. The van der Waals surface area contributed by atoms with Crippen LogP contribution in [0.5, 0.6) is 0 Å². The zero-order chi connectivity index (χ0) is 12.3. The SMILES string of the molecule is CCNCc1nnc(-c2cccc(F)c2F)s1. The van der Waals surface area contributed by atoms with Crippen molar-refractivity contribution in [3.8, 4) is 10.6 Å². The summed E-state index contributed by atoms with van der Waals surface area (Å²) in [4.78, 5) is 0. The van der Waals surface area contributed by atoms with Crippen molar-refractivity contribution >= 4 is 11.3 Å². The first-order valence-corrected chi connectivity index (χ1v) is 6.01. The molecule has 17 heavy (non-hydrogen) atoms. The van der Waals surface area contributed by atoms with E-state index in [0.717, 1.165) is 17.6 Å². The quantitative estimate of drug-likeness (QED) is 0.912. The van der Waals surface area contributed by atoms with Crippen molar-refractivity contribution in [2.24, 2.45) is 0 Å². The fraction of sp³-hybridized carbons (Fsp3) is 0.273. The Morgan fingerprint density at radius 3 is 2.88 bits per heavy atom. The molecule has 1 N–H and O–H groups in total. The summed E-state index contributed by atoms with van der Waals surface area (Å²) in [7, 11) is 0. The van der Waals surface area contributed by atoms with Crippen LogP contribution < -0.4 is 5.32 Å². The van der Waals surface area contributed by atoms with Gasteiger partial charge in [0.1, 0.15) is 5.01 Å². The second-order valence-electron chi connectivity index (χ2n) is 3.38. The number of rotatable bonds is 4. The number of benzene rings is 1. The summed E-state index contributed by atoms with van der Waals surface area (Å²) in [6.07, 6.45) is 0. The van der Waals surface area contributed by atoms with Gasteiger partial charge in [-0.2, -0.15) is 0 Å². The molecule has 0 radical (unpaired) electrons. The van der Waals surface area contributed by atoms with Crippen molar-refractivity contribution in [1.82, 2.24) is 15.5 Å². The van der Waals surface area contributed by atoms with Gasteiger partial charge in [0.2, 0.25) is 0 Å². The summed E-state index contributed by atoms with van der Waals surface area (Å²) >= 11 is 1.26. The fourth-order valence-electron chi connectivity index (χ4n) is 1.33. The molecule has 0 amide bonds. The maximum atomic E-state index is 13.5. The maximum absolute atomic E-state index is 13.5. The van der Waals surface area contributed by atoms with Crippen LogP contribution >= 0.6 is 11.3 Å². The van der Waals surface area contributed by atoms with Crippen LogP contribution in [0.3, 0.4) is 0 Å². The van der Waals surface area contributed by atoms with Gasteiger partial charge < -0.3 is 5.32 Å². The summed E-state index contributed by atoms with van der Waals surface area (Å²) < 4.78 is 26.5. The van der Waals surface area contributed by atoms with Crippen LogP contribution in [-0.4, -0.2) is 16.7 Å². The number of hydrogen-bond acceptors (Lipinski definition) is 4. The molecule has 0 atom stereocenters. The highest BCUT2D eigenvalue weighted by molar-refractivity contribution is 7.14. The van der Waals surface area contributed by atoms with Gasteiger partial charge in [0.05, 0.1) is 5.56 Å². The molecule has 0 aliphatic carbocycles. The van der Waals surface area contributed by atoms with E-state index in [4.69, 9.17) is 0 Å². The molecule has 1 heterocycles. The Morgan fingerprint density at radius 1 is 1.29 bits per heavy atom. The number of halogens is 2. The lowest BCUT2D eigenvalue weighted by atomic mass is 10.2. The third kappa shape index (κ3) is 2.65. The average Bonchev–Trinajstić information content (AvgIpc) is 2.78. The Morgan fingerprint density at radius 2 is 2.12 bits per heavy atom. The molecule has 0 aliphatic heterocycles. The molecule has 1 aromatic carbocycles. The van der Waals surface area contributed by atoms with Crippen LogP contribution in [0.25, 0.3) is 10.6 Å². The van der Waals surface area contributed by atoms with Crippen molar-refractivity contribution in [3.05, 3.63) is 34.8 Å². The first-order valence-electron chi connectivity index (χ1n) is 5.20. The first kappa shape index (κ1) is 12.1. The van der Waals surface area contributed by atoms with Gasteiger partial charge in [-0.3, -0.25) is 0 Å². The van der Waals surface area contributed by atoms with Gasteiger partial charge >= 0.3 is 0 Å². The van der Waals surface area contributed by atoms with Crippen LogP contribution in [0.15, 0.2) is 18.2 Å². The zero-order valence-corrected chi connectivity index (χ0v) is 10.0. The van der Waals surface area contributed by atoms with Gasteiger partial charge in [-0.15, -0.1) is 10.2 Å². The van der Waals surface area contributed by atoms with Gasteiger partial charge in [0.15, 0.2) is 16.6 Å². The Hall–Kier alpha value is -1.40. The fourth-order valence-corrected chi connectivity index (χ4v) is 2.16. The molecule has 0 bridgehead atoms. The van der Waals surface area contributed by atoms with Gasteiger partial charge in [-0.1, -0.05) is 24.3 Å². The lowest BCUT2D eigenvalue weighted by Crippen LogP contribution is -2.11. The van der Waals surface area contributed by atoms with Gasteiger partial charge in [-0.05, 0) is 18.7 Å². The van der Waals surface area contributed by atoms with E-state index in [0.29, 0.717) is 11.6 Å². The van der Waals surface area contributed by atoms with E-state index in [1.807, 2.05) is 6.92 Å². The lowest BCUT2D eigenvalue weighted by molar-refractivity contribution is 0.511. The Balaban J connectivity index is 2.27. The normalized spacial score (nSPS) is 10.8. The summed E-state index contributed by atoms with van der Waals surface area (Å²) in [6.45, 7) is 3.39. The van der Waals surface area contributed by atoms with Crippen LogP contribution in [0, 0.1) is 11.6 Å². The third-order valence-electron chi connectivity index (χ3n) is 2.18. The average molecular weight is 255 g/mol. The van der Waals surface area contributed by atoms with E-state index in [2.05, 4.69) is 15.5 Å². The molecule has 0 unspecified atom stereocenters. The number of aromatic nitrogens is 2. The highest BCUT2D eigenvalue weighted by Gasteiger charge is 2.13. The summed E-state index contributed by atoms with van der Waals surface area (Å²) in [5.74, 6) is -1.75. The van der Waals surface area contributed by atoms with Gasteiger partial charge in [0, 0.05) is 6.54 Å². The zero-order valence-electron chi connectivity index (χ0n) is 9.20. The van der Waals surface area contributed by atoms with E-state index in [-0.39, 0.29) is 5.56 Å². The monoisotopic (exact) mass is 255 g/mol. The molecule has 0 saturated carbocycles. The Labute approximate surface area is 102 Å². The van der Waals surface area contributed by atoms with E-state index in [1.54, 1.807) is 0 Å². The van der Waals surface area contributed by atoms with Gasteiger partial charge in [0.25, 0.3) is 0 Å². The summed E-state index contributed by atoms with van der Waals surface area (Å²) in [5.41, 5.74) is 0.158. The molecular weight excluding hydrogens is 244 g/mol. The van der Waals surface area contributed by atoms with Crippen LogP contribution in [0.4, 0.5) is 8.78 Å². The number of nitrogens with one attached hydrogen (secondary N) is 1. The standard InChI is InChI=1S/C11H11F2N3S/c1-2-14-6-9-15-16-11(17-9)7-4-3-5-8(12)10(7)13/h3-5,14H,2,6H2,1H3. The van der Waals surface area contributed by atoms with Crippen molar-refractivity contribution in [2.75, 3.05) is 6.54 Å². The molecule has 6 heteroatoms. The second kappa shape index (κ2) is 5.29. The third-order valence-corrected chi connectivity index (χ3v) is 3.13. The summed E-state index contributed by atoms with van der Waals surface area (Å²) in [6, 6.07) is 4.04. The second-order valence-corrected chi connectivity index (χ2v) is 4.44. The van der Waals surface area contributed by atoms with Crippen LogP contribution in [-0.2, 0) is 6.54 Å². The van der Waals surface area contributed by atoms with Gasteiger partial charge in [-0.25, -0.2) is 8.78 Å². The molecular formula is C11H11F2N3S. The topological polar surface area (TPSA) is 37.8 Å². The molecule has 0 aliphatic rings. The minimum absolute atomic E-state index is 0.158. The predicted molar refractivity (Wildman–Crippen MR) is 62.6 cm³/mol. The predicted octanol–water partition coefficient (Wildman–Crippen LogP) is 2.59. The van der Waals surface area contributed by atoms with Crippen LogP contribution in [0.1, 0.15) is 11.9 Å². The summed E-state index contributed by atoms with van der Waals surface area (Å²) in [5, 5.41) is 12.0. The van der Waals surface area contributed by atoms with Crippen molar-refractivity contribution in [2.45, 2.75) is 13.5 Å². The molecule has 90 valence electrons. The molecule has 2 aromatic rings. The van der Waals surface area contributed by atoms with Crippen molar-refractivity contribution < 1.29 is 8.78 Å². The smallest absolute Gasteiger partial charge is 0.169 e. The van der Waals surface area contributed by atoms with E-state index >= 15 is 0 Å². The van der Waals surface area contributed by atoms with E-state index in [1.165, 1.54) is 23.5 Å². The first-order chi connectivity index (χ1) is 8.22. The molecule has 0 spiro atoms. The minimum atomic E-state index is -0.876. The highest BCUT2D eigenvalue weighted by atomic mass is 32.1. The lowest BCUT2D eigenvalue weighted by Gasteiger charge is -1.98. The Kier molecular flexibility index (Phi) is 3.75. The number of nitrogens with zero attached hydrogens (tertiary/aromatic N) is 2. The van der Waals surface area contributed by atoms with Crippen molar-refractivity contribution in [3.63, 3.8) is 0 Å². The molecule has 1 aromatic heterocycles. The van der Waals surface area contributed by atoms with E-state index < -0.39 is 11.6 Å².